The number of hydrogen-bond donors (Lipinski definition) is 4. The van der Waals surface area contributed by atoms with Crippen molar-refractivity contribution in [2.75, 3.05) is 11.5 Å². The molecule has 6 aromatic rings. The third-order valence-electron chi connectivity index (χ3n) is 6.44. The molecule has 42 heavy (non-hydrogen) atoms. The van der Waals surface area contributed by atoms with Gasteiger partial charge in [-0.1, -0.05) is 24.3 Å². The Morgan fingerprint density at radius 2 is 0.690 bits per heavy atom. The number of aromatic amines is 2. The molecule has 0 aliphatic rings. The molecule has 0 fully saturated rings. The molecule has 0 atom stereocenters. The average molecular weight is 561 g/mol. The van der Waals surface area contributed by atoms with Crippen molar-refractivity contribution in [2.45, 2.75) is 0 Å². The van der Waals surface area contributed by atoms with Crippen LogP contribution in [0.1, 0.15) is 0 Å². The van der Waals surface area contributed by atoms with E-state index in [4.69, 9.17) is 14.3 Å². The van der Waals surface area contributed by atoms with Gasteiger partial charge in [0, 0.05) is 58.4 Å². The van der Waals surface area contributed by atoms with Crippen LogP contribution in [0.25, 0.3) is 45.0 Å². The number of nitro groups is 2. The second-order valence-electron chi connectivity index (χ2n) is 9.28. The van der Waals surface area contributed by atoms with E-state index in [1.807, 2.05) is 60.7 Å². The first-order valence-corrected chi connectivity index (χ1v) is 12.8. The van der Waals surface area contributed by atoms with Crippen LogP contribution in [0.4, 0.5) is 22.7 Å². The van der Waals surface area contributed by atoms with Crippen molar-refractivity contribution >= 4 is 22.7 Å². The van der Waals surface area contributed by atoms with Crippen LogP contribution >= 0.6 is 0 Å². The van der Waals surface area contributed by atoms with E-state index in [2.05, 4.69) is 0 Å². The van der Waals surface area contributed by atoms with Gasteiger partial charge in [0.15, 0.2) is 2.82 Å². The lowest BCUT2D eigenvalue weighted by atomic mass is 10.1. The van der Waals surface area contributed by atoms with E-state index in [0.717, 1.165) is 33.9 Å². The van der Waals surface area contributed by atoms with E-state index >= 15 is 0 Å². The maximum atomic E-state index is 10.7. The Morgan fingerprint density at radius 1 is 0.452 bits per heavy atom. The molecule has 6 rings (SSSR count). The summed E-state index contributed by atoms with van der Waals surface area (Å²) < 4.78 is 16.5. The number of nitrogens with zero attached hydrogens (tertiary/aromatic N) is 2. The number of nitrogens with one attached hydrogen (secondary N) is 2. The summed E-state index contributed by atoms with van der Waals surface area (Å²) in [5.41, 5.74) is 18.9. The minimum Gasteiger partial charge on any atom is -0.399 e. The first-order chi connectivity index (χ1) is 21.1. The van der Waals surface area contributed by atoms with Gasteiger partial charge in [-0.15, -0.1) is 0 Å². The minimum atomic E-state index is -0.480. The molecule has 10 nitrogen and oxygen atoms in total. The number of nitrogens with two attached hydrogens (primary N) is 2. The molecule has 0 aliphatic heterocycles. The molecule has 6 N–H and O–H groups in total. The summed E-state index contributed by atoms with van der Waals surface area (Å²) in [6, 6.07) is 34.2. The summed E-state index contributed by atoms with van der Waals surface area (Å²) in [5.74, 6) is 0. The fraction of sp³-hybridized carbons (Fsp3) is 0. The summed E-state index contributed by atoms with van der Waals surface area (Å²) in [6.45, 7) is 0. The lowest BCUT2D eigenvalue weighted by Crippen LogP contribution is -1.88. The van der Waals surface area contributed by atoms with Crippen molar-refractivity contribution in [3.8, 4) is 45.0 Å². The van der Waals surface area contributed by atoms with Crippen LogP contribution in [0.2, 0.25) is 2.82 Å². The van der Waals surface area contributed by atoms with Crippen LogP contribution in [-0.4, -0.2) is 19.8 Å². The third kappa shape index (κ3) is 6.35. The molecule has 0 saturated carbocycles. The zero-order chi connectivity index (χ0) is 31.4. The predicted molar refractivity (Wildman–Crippen MR) is 165 cm³/mol. The summed E-state index contributed by atoms with van der Waals surface area (Å²) >= 11 is 0. The second-order valence-corrected chi connectivity index (χ2v) is 9.28. The summed E-state index contributed by atoms with van der Waals surface area (Å²) in [6.07, 6.45) is 0. The molecule has 2 heterocycles. The Morgan fingerprint density at radius 3 is 0.929 bits per heavy atom. The number of benzene rings is 4. The number of non-ortho nitro benzene ring substituents is 2. The normalized spacial score (nSPS) is 11.1. The number of hydrogen-bond acceptors (Lipinski definition) is 6. The lowest BCUT2D eigenvalue weighted by Gasteiger charge is -2.01. The number of aromatic nitrogens is 2. The summed E-state index contributed by atoms with van der Waals surface area (Å²) in [4.78, 5) is 23.1. The smallest absolute Gasteiger partial charge is 0.269 e. The van der Waals surface area contributed by atoms with Crippen molar-refractivity contribution < 1.29 is 12.7 Å². The van der Waals surface area contributed by atoms with Crippen LogP contribution in [0.3, 0.4) is 0 Å². The Kier molecular flexibility index (Phi) is 7.06. The molecule has 10 heteroatoms. The highest BCUT2D eigenvalue weighted by atomic mass is 16.6. The van der Waals surface area contributed by atoms with Crippen molar-refractivity contribution in [1.82, 2.24) is 9.95 Å². The minimum absolute atomic E-state index is 0.0163. The highest BCUT2D eigenvalue weighted by molar-refractivity contribution is 5.71. The van der Waals surface area contributed by atoms with E-state index in [1.54, 1.807) is 36.4 Å². The van der Waals surface area contributed by atoms with Crippen molar-refractivity contribution in [1.29, 1.82) is 0 Å². The number of nitro benzene ring substituents is 2. The monoisotopic (exact) mass is 560 g/mol. The van der Waals surface area contributed by atoms with E-state index in [0.29, 0.717) is 22.5 Å². The molecule has 0 saturated heterocycles. The molecular weight excluding hydrogens is 532 g/mol. The maximum Gasteiger partial charge on any atom is 0.269 e. The zero-order valence-corrected chi connectivity index (χ0v) is 22.1. The molecule has 4 aromatic carbocycles. The van der Waals surface area contributed by atoms with Crippen molar-refractivity contribution in [2.24, 2.45) is 0 Å². The van der Waals surface area contributed by atoms with Gasteiger partial charge in [-0.2, -0.15) is 0 Å². The Hall–Kier alpha value is -6.16. The summed E-state index contributed by atoms with van der Waals surface area (Å²) in [5, 5.41) is 21.4. The molecule has 0 spiro atoms. The summed E-state index contributed by atoms with van der Waals surface area (Å²) in [7, 11) is 0. The maximum absolute atomic E-state index is 10.7. The van der Waals surface area contributed by atoms with E-state index in [1.165, 1.54) is 34.2 Å². The fourth-order valence-corrected chi connectivity index (χ4v) is 4.18. The first kappa shape index (κ1) is 24.9. The molecule has 2 aromatic heterocycles. The quantitative estimate of drug-likeness (QED) is 0.0924. The van der Waals surface area contributed by atoms with Crippen molar-refractivity contribution in [3.05, 3.63) is 142 Å². The molecule has 208 valence electrons. The molecule has 0 radical (unpaired) electrons. The topological polar surface area (TPSA) is 170 Å². The standard InChI is InChI=1S/C16H11N3O4.C16H15N3/c20-18(21)13-5-1-11(2-6-13)15-9-10-16(17-15)12-3-7-14(8-4-12)19(22)23;17-13-5-1-11(2-6-13)15-9-10-16(19-15)12-3-7-14(18)8-4-12/h1-10,17H;1-10,19H,17-18H2/i/hD2. The van der Waals surface area contributed by atoms with E-state index < -0.39 is 9.85 Å². The molecule has 0 unspecified atom stereocenters. The largest absolute Gasteiger partial charge is 0.399 e. The first-order valence-electron chi connectivity index (χ1n) is 13.7. The third-order valence-corrected chi connectivity index (χ3v) is 6.44. The predicted octanol–water partition coefficient (Wildman–Crippen LogP) is 7.68. The second kappa shape index (κ2) is 11.9. The number of anilines is 2. The van der Waals surface area contributed by atoms with E-state index in [9.17, 15) is 20.2 Å². The lowest BCUT2D eigenvalue weighted by molar-refractivity contribution is -0.385. The van der Waals surface area contributed by atoms with Gasteiger partial charge < -0.3 is 21.4 Å². The van der Waals surface area contributed by atoms with Gasteiger partial charge in [-0.25, -0.2) is 0 Å². The Bertz CT molecular complexity index is 1800. The average Bonchev–Trinajstić information content (AvgIpc) is 3.60. The number of nitrogen functional groups attached to an aromatic ring is 2. The zero-order valence-electron chi connectivity index (χ0n) is 24.1. The Balaban J connectivity index is 0.000000177. The molecule has 0 amide bonds. The van der Waals surface area contributed by atoms with Crippen molar-refractivity contribution in [3.63, 3.8) is 0 Å². The van der Waals surface area contributed by atoms with Crippen LogP contribution in [0.5, 0.6) is 0 Å². The SMILES string of the molecule is [2H]n1c(-c2ccc(N)cc2)ccc1-c1ccc(N)cc1.[2H]n1c(-c2ccc([N+](=O)[O-])cc2)ccc1-c1ccc([N+](=O)[O-])cc1. The number of H-pyrrole nitrogens is 2. The van der Waals surface area contributed by atoms with Gasteiger partial charge in [0.2, 0.25) is 0 Å². The highest BCUT2D eigenvalue weighted by Gasteiger charge is 2.09. The van der Waals surface area contributed by atoms with Crippen LogP contribution in [0.15, 0.2) is 121 Å². The van der Waals surface area contributed by atoms with Crippen LogP contribution in [-0.2, 0) is 0 Å². The highest BCUT2D eigenvalue weighted by Crippen LogP contribution is 2.28. The fourth-order valence-electron chi connectivity index (χ4n) is 4.18. The molecule has 0 bridgehead atoms. The van der Waals surface area contributed by atoms with Gasteiger partial charge in [0.1, 0.15) is 0 Å². The van der Waals surface area contributed by atoms with Gasteiger partial charge in [0.05, 0.1) is 9.85 Å². The molecule has 0 aliphatic carbocycles. The van der Waals surface area contributed by atoms with Crippen LogP contribution in [0, 0.1) is 20.2 Å². The van der Waals surface area contributed by atoms with Gasteiger partial charge in [-0.3, -0.25) is 20.2 Å². The van der Waals surface area contributed by atoms with E-state index in [-0.39, 0.29) is 11.4 Å². The Labute approximate surface area is 243 Å². The van der Waals surface area contributed by atoms with Crippen LogP contribution < -0.4 is 11.5 Å². The van der Waals surface area contributed by atoms with Gasteiger partial charge in [0.25, 0.3) is 11.4 Å². The van der Waals surface area contributed by atoms with Gasteiger partial charge in [-0.05, 0) is 95.1 Å². The number of rotatable bonds is 6. The molecular formula is C32H26N6O4. The van der Waals surface area contributed by atoms with Gasteiger partial charge >= 0.3 is 0 Å².